The molecule has 27 heavy (non-hydrogen) atoms. The number of carbonyl (C=O) groups excluding carboxylic acids is 2. The van der Waals surface area contributed by atoms with E-state index >= 15 is 0 Å². The average molecular weight is 382 g/mol. The predicted octanol–water partition coefficient (Wildman–Crippen LogP) is 4.26. The zero-order valence-electron chi connectivity index (χ0n) is 14.5. The van der Waals surface area contributed by atoms with Crippen LogP contribution < -0.4 is 5.32 Å². The largest absolute Gasteiger partial charge is 0.463 e. The number of ether oxygens (including phenoxy) is 1. The van der Waals surface area contributed by atoms with Gasteiger partial charge in [-0.25, -0.2) is 4.98 Å². The summed E-state index contributed by atoms with van der Waals surface area (Å²) in [4.78, 5) is 30.6. The number of Topliss-reactive ketones (excluding diaryl/α,β-unsaturated/α-hetero) is 1. The molecular weight excluding hydrogens is 364 g/mol. The first-order valence-electron chi connectivity index (χ1n) is 8.75. The van der Waals surface area contributed by atoms with Gasteiger partial charge in [-0.15, -0.1) is 11.3 Å². The number of carbonyl (C=O) groups is 2. The molecule has 4 rings (SSSR count). The van der Waals surface area contributed by atoms with E-state index in [9.17, 15) is 9.59 Å². The van der Waals surface area contributed by atoms with Gasteiger partial charge in [0, 0.05) is 24.8 Å². The number of nitrogens with zero attached hydrogens (tertiary/aromatic N) is 1. The molecule has 2 aromatic heterocycles. The molecule has 138 valence electrons. The van der Waals surface area contributed by atoms with Crippen molar-refractivity contribution in [3.05, 3.63) is 58.6 Å². The van der Waals surface area contributed by atoms with Crippen molar-refractivity contribution in [3.8, 4) is 11.5 Å². The zero-order valence-corrected chi connectivity index (χ0v) is 15.3. The first-order valence-corrected chi connectivity index (χ1v) is 9.57. The molecule has 0 unspecified atom stereocenters. The maximum atomic E-state index is 13.1. The molecule has 0 spiro atoms. The third-order valence-corrected chi connectivity index (χ3v) is 5.49. The Hall–Kier alpha value is -2.77. The lowest BCUT2D eigenvalue weighted by Gasteiger charge is -2.20. The molecule has 0 saturated carbocycles. The van der Waals surface area contributed by atoms with Gasteiger partial charge in [0.05, 0.1) is 6.26 Å². The van der Waals surface area contributed by atoms with E-state index < -0.39 is 0 Å². The van der Waals surface area contributed by atoms with Gasteiger partial charge < -0.3 is 14.5 Å². The quantitative estimate of drug-likeness (QED) is 0.667. The fraction of sp³-hybridized carbons (Fsp3) is 0.250. The highest BCUT2D eigenvalue weighted by atomic mass is 32.1. The van der Waals surface area contributed by atoms with Crippen molar-refractivity contribution in [2.24, 2.45) is 5.92 Å². The molecule has 7 heteroatoms. The van der Waals surface area contributed by atoms with Crippen molar-refractivity contribution in [2.45, 2.75) is 12.8 Å². The molecule has 3 heterocycles. The van der Waals surface area contributed by atoms with Crippen LogP contribution in [0.25, 0.3) is 11.5 Å². The Morgan fingerprint density at radius 3 is 2.56 bits per heavy atom. The molecule has 1 aliphatic heterocycles. The number of hydrogen-bond donors (Lipinski definition) is 1. The Labute approximate surface area is 160 Å². The molecule has 6 nitrogen and oxygen atoms in total. The fourth-order valence-electron chi connectivity index (χ4n) is 3.02. The van der Waals surface area contributed by atoms with Crippen LogP contribution in [0.2, 0.25) is 0 Å². The lowest BCUT2D eigenvalue weighted by molar-refractivity contribution is 0.0547. The Balaban J connectivity index is 1.65. The number of benzene rings is 1. The molecule has 3 aromatic rings. The van der Waals surface area contributed by atoms with Gasteiger partial charge in [-0.1, -0.05) is 18.2 Å². The summed E-state index contributed by atoms with van der Waals surface area (Å²) >= 11 is 1.11. The van der Waals surface area contributed by atoms with Gasteiger partial charge >= 0.3 is 0 Å². The minimum absolute atomic E-state index is 0.000890. The van der Waals surface area contributed by atoms with Crippen molar-refractivity contribution in [3.63, 3.8) is 0 Å². The van der Waals surface area contributed by atoms with Crippen LogP contribution in [0.4, 0.5) is 5.69 Å². The van der Waals surface area contributed by atoms with Gasteiger partial charge in [0.15, 0.2) is 16.6 Å². The van der Waals surface area contributed by atoms with Crippen LogP contribution >= 0.6 is 11.3 Å². The normalized spacial score (nSPS) is 14.8. The van der Waals surface area contributed by atoms with Gasteiger partial charge in [0.2, 0.25) is 0 Å². The number of nitrogens with one attached hydrogen (secondary N) is 1. The summed E-state index contributed by atoms with van der Waals surface area (Å²) in [6.45, 7) is 1.15. The smallest absolute Gasteiger partial charge is 0.284 e. The van der Waals surface area contributed by atoms with Crippen molar-refractivity contribution < 1.29 is 18.7 Å². The van der Waals surface area contributed by atoms with E-state index in [1.807, 2.05) is 18.2 Å². The van der Waals surface area contributed by atoms with E-state index in [4.69, 9.17) is 9.15 Å². The standard InChI is InChI=1S/C20H18N2O4S/c23-17(13-8-11-25-12-9-13)18-16(15-7-4-10-26-15)22-20(27-18)19(24)21-14-5-2-1-3-6-14/h1-7,10,13H,8-9,11-12H2,(H,21,24). The lowest BCUT2D eigenvalue weighted by atomic mass is 9.94. The molecule has 0 aliphatic carbocycles. The van der Waals surface area contributed by atoms with Crippen molar-refractivity contribution in [2.75, 3.05) is 18.5 Å². The molecule has 1 amide bonds. The molecular formula is C20H18N2O4S. The summed E-state index contributed by atoms with van der Waals surface area (Å²) in [7, 11) is 0. The molecule has 1 saturated heterocycles. The third kappa shape index (κ3) is 3.84. The van der Waals surface area contributed by atoms with E-state index in [-0.39, 0.29) is 22.6 Å². The first-order chi connectivity index (χ1) is 13.2. The molecule has 0 radical (unpaired) electrons. The number of ketones is 1. The Morgan fingerprint density at radius 1 is 1.07 bits per heavy atom. The summed E-state index contributed by atoms with van der Waals surface area (Å²) in [6.07, 6.45) is 2.89. The number of rotatable bonds is 5. The van der Waals surface area contributed by atoms with Crippen LogP contribution in [-0.2, 0) is 4.74 Å². The maximum Gasteiger partial charge on any atom is 0.284 e. The van der Waals surface area contributed by atoms with Crippen LogP contribution in [0, 0.1) is 5.92 Å². The lowest BCUT2D eigenvalue weighted by Crippen LogP contribution is -2.23. The number of thiazole rings is 1. The number of aromatic nitrogens is 1. The fourth-order valence-corrected chi connectivity index (χ4v) is 4.00. The highest BCUT2D eigenvalue weighted by molar-refractivity contribution is 7.16. The van der Waals surface area contributed by atoms with Crippen LogP contribution in [0.15, 0.2) is 53.1 Å². The Morgan fingerprint density at radius 2 is 1.85 bits per heavy atom. The van der Waals surface area contributed by atoms with E-state index in [1.165, 1.54) is 6.26 Å². The number of hydrogen-bond acceptors (Lipinski definition) is 6. The van der Waals surface area contributed by atoms with Gasteiger partial charge in [0.25, 0.3) is 5.91 Å². The first kappa shape index (κ1) is 17.6. The van der Waals surface area contributed by atoms with Gasteiger partial charge in [-0.05, 0) is 37.1 Å². The second-order valence-corrected chi connectivity index (χ2v) is 7.24. The summed E-state index contributed by atoms with van der Waals surface area (Å²) in [5.74, 6) is 0.0318. The van der Waals surface area contributed by atoms with Crippen LogP contribution in [0.1, 0.15) is 32.3 Å². The summed E-state index contributed by atoms with van der Waals surface area (Å²) < 4.78 is 10.8. The second-order valence-electron chi connectivity index (χ2n) is 6.25. The summed E-state index contributed by atoms with van der Waals surface area (Å²) in [6, 6.07) is 12.6. The topological polar surface area (TPSA) is 81.4 Å². The van der Waals surface area contributed by atoms with Crippen LogP contribution in [0.3, 0.4) is 0 Å². The SMILES string of the molecule is O=C(Nc1ccccc1)c1nc(-c2ccco2)c(C(=O)C2CCOCC2)s1. The highest BCUT2D eigenvalue weighted by Crippen LogP contribution is 2.33. The van der Waals surface area contributed by atoms with Gasteiger partial charge in [0.1, 0.15) is 10.6 Å². The Kier molecular flexibility index (Phi) is 5.13. The predicted molar refractivity (Wildman–Crippen MR) is 102 cm³/mol. The Bertz CT molecular complexity index is 928. The van der Waals surface area contributed by atoms with Crippen molar-refractivity contribution in [1.29, 1.82) is 0 Å². The zero-order chi connectivity index (χ0) is 18.6. The number of amides is 1. The van der Waals surface area contributed by atoms with E-state index in [2.05, 4.69) is 10.3 Å². The number of para-hydroxylation sites is 1. The summed E-state index contributed by atoms with van der Waals surface area (Å²) in [5, 5.41) is 3.05. The van der Waals surface area contributed by atoms with Crippen LogP contribution in [-0.4, -0.2) is 29.9 Å². The van der Waals surface area contributed by atoms with E-state index in [0.717, 1.165) is 11.3 Å². The monoisotopic (exact) mass is 382 g/mol. The van der Waals surface area contributed by atoms with Crippen LogP contribution in [0.5, 0.6) is 0 Å². The third-order valence-electron chi connectivity index (χ3n) is 4.42. The van der Waals surface area contributed by atoms with Crippen molar-refractivity contribution >= 4 is 28.7 Å². The van der Waals surface area contributed by atoms with Crippen molar-refractivity contribution in [1.82, 2.24) is 4.98 Å². The molecule has 0 atom stereocenters. The molecule has 1 fully saturated rings. The molecule has 1 N–H and O–H groups in total. The maximum absolute atomic E-state index is 13.1. The second kappa shape index (κ2) is 7.85. The molecule has 1 aliphatic rings. The highest BCUT2D eigenvalue weighted by Gasteiger charge is 2.30. The minimum atomic E-state index is -0.343. The van der Waals surface area contributed by atoms with Gasteiger partial charge in [-0.3, -0.25) is 9.59 Å². The minimum Gasteiger partial charge on any atom is -0.463 e. The number of anilines is 1. The van der Waals surface area contributed by atoms with E-state index in [0.29, 0.717) is 48.1 Å². The molecule has 0 bridgehead atoms. The average Bonchev–Trinajstić information content (AvgIpc) is 3.38. The van der Waals surface area contributed by atoms with E-state index in [1.54, 1.807) is 24.3 Å². The molecule has 1 aromatic carbocycles. The van der Waals surface area contributed by atoms with Gasteiger partial charge in [-0.2, -0.15) is 0 Å². The number of furan rings is 1. The summed E-state index contributed by atoms with van der Waals surface area (Å²) in [5.41, 5.74) is 1.11.